The minimum Gasteiger partial charge on any atom is -0.311 e. The van der Waals surface area contributed by atoms with Crippen molar-refractivity contribution in [1.29, 1.82) is 0 Å². The number of nitrogens with zero attached hydrogens (tertiary/aromatic N) is 7. The summed E-state index contributed by atoms with van der Waals surface area (Å²) < 4.78 is 2.45. The van der Waals surface area contributed by atoms with Crippen LogP contribution >= 0.6 is 0 Å². The van der Waals surface area contributed by atoms with E-state index in [0.717, 1.165) is 95.4 Å². The van der Waals surface area contributed by atoms with Crippen molar-refractivity contribution in [3.05, 3.63) is 339 Å². The van der Waals surface area contributed by atoms with Gasteiger partial charge in [-0.2, -0.15) is 0 Å². The SMILES string of the molecule is CC1(C)c2ccccc2-c2cc3c4ccccc4n(-c4ccc(-c5cc(-c6ccccc6)nc(-c6ccccc6)n5)cc4-c4nc(-c5ccccc5)cc(-c5cccc(-c6cccc(N7c8ccccc8B8c9ccccc9N(c9ccccc9)c9cccc7c98)c6)c5)n4)c3cc21. The number of para-hydroxylation sites is 4. The molecule has 5 heterocycles. The fraction of sp³-hybridized carbons (Fsp3) is 0.0337. The third-order valence-corrected chi connectivity index (χ3v) is 20.2. The van der Waals surface area contributed by atoms with Gasteiger partial charge in [0.25, 0.3) is 6.71 Å². The van der Waals surface area contributed by atoms with Crippen molar-refractivity contribution in [1.82, 2.24) is 24.5 Å². The molecule has 0 saturated heterocycles. The number of hydrogen-bond acceptors (Lipinski definition) is 6. The Kier molecular flexibility index (Phi) is 12.9. The van der Waals surface area contributed by atoms with Crippen LogP contribution in [0.5, 0.6) is 0 Å². The summed E-state index contributed by atoms with van der Waals surface area (Å²) >= 11 is 0. The molecule has 8 heteroatoms. The first-order chi connectivity index (χ1) is 47.9. The highest BCUT2D eigenvalue weighted by atomic mass is 15.2. The van der Waals surface area contributed by atoms with Crippen molar-refractivity contribution in [2.75, 3.05) is 9.80 Å². The maximum atomic E-state index is 5.78. The number of hydrogen-bond donors (Lipinski definition) is 0. The molecular formula is C89H60BN7. The van der Waals surface area contributed by atoms with Gasteiger partial charge in [-0.05, 0) is 147 Å². The van der Waals surface area contributed by atoms with Gasteiger partial charge in [-0.15, -0.1) is 0 Å². The van der Waals surface area contributed by atoms with E-state index < -0.39 is 0 Å². The van der Waals surface area contributed by atoms with Crippen LogP contribution in [-0.4, -0.2) is 31.2 Å². The lowest BCUT2D eigenvalue weighted by atomic mass is 9.33. The van der Waals surface area contributed by atoms with Gasteiger partial charge in [-0.3, -0.25) is 0 Å². The van der Waals surface area contributed by atoms with Gasteiger partial charge >= 0.3 is 0 Å². The Hall–Kier alpha value is -12.5. The van der Waals surface area contributed by atoms with Gasteiger partial charge in [0.2, 0.25) is 0 Å². The summed E-state index contributed by atoms with van der Waals surface area (Å²) in [5, 5.41) is 2.36. The predicted molar refractivity (Wildman–Crippen MR) is 402 cm³/mol. The van der Waals surface area contributed by atoms with Crippen LogP contribution < -0.4 is 26.2 Å². The van der Waals surface area contributed by atoms with Crippen molar-refractivity contribution < 1.29 is 0 Å². The largest absolute Gasteiger partial charge is 0.311 e. The normalized spacial score (nSPS) is 13.1. The molecule has 0 unspecified atom stereocenters. The molecule has 19 rings (SSSR count). The molecule has 16 aromatic rings. The van der Waals surface area contributed by atoms with E-state index >= 15 is 0 Å². The molecule has 0 amide bonds. The molecule has 454 valence electrons. The van der Waals surface area contributed by atoms with Gasteiger partial charge in [-0.1, -0.05) is 244 Å². The second kappa shape index (κ2) is 22.3. The Bertz CT molecular complexity index is 5770. The Morgan fingerprint density at radius 3 is 1.44 bits per heavy atom. The van der Waals surface area contributed by atoms with Crippen LogP contribution in [0.1, 0.15) is 25.0 Å². The first-order valence-corrected chi connectivity index (χ1v) is 33.3. The maximum Gasteiger partial charge on any atom is 0.252 e. The average Bonchev–Trinajstić information content (AvgIpc) is 0.912. The van der Waals surface area contributed by atoms with E-state index in [1.165, 1.54) is 72.2 Å². The molecule has 0 fully saturated rings. The lowest BCUT2D eigenvalue weighted by molar-refractivity contribution is 0.661. The molecule has 0 spiro atoms. The minimum absolute atomic E-state index is 0.0487. The number of aromatic nitrogens is 5. The lowest BCUT2D eigenvalue weighted by Crippen LogP contribution is -2.61. The second-order valence-electron chi connectivity index (χ2n) is 26.1. The molecular weight excluding hydrogens is 1180 g/mol. The Balaban J connectivity index is 0.794. The van der Waals surface area contributed by atoms with E-state index in [4.69, 9.17) is 19.9 Å². The van der Waals surface area contributed by atoms with Crippen molar-refractivity contribution in [3.63, 3.8) is 0 Å². The first kappa shape index (κ1) is 56.1. The van der Waals surface area contributed by atoms with Gasteiger partial charge in [0, 0.05) is 83.7 Å². The maximum absolute atomic E-state index is 5.78. The summed E-state index contributed by atoms with van der Waals surface area (Å²) in [5.74, 6) is 1.23. The fourth-order valence-electron chi connectivity index (χ4n) is 15.7. The molecule has 0 N–H and O–H groups in total. The molecule has 0 atom stereocenters. The Morgan fingerprint density at radius 2 is 0.763 bits per heavy atom. The van der Waals surface area contributed by atoms with Gasteiger partial charge < -0.3 is 14.4 Å². The third-order valence-electron chi connectivity index (χ3n) is 20.2. The van der Waals surface area contributed by atoms with Crippen LogP contribution in [0.2, 0.25) is 0 Å². The summed E-state index contributed by atoms with van der Waals surface area (Å²) in [6, 6.07) is 118. The van der Waals surface area contributed by atoms with E-state index in [-0.39, 0.29) is 12.1 Å². The number of benzene rings is 13. The molecule has 1 aliphatic carbocycles. The van der Waals surface area contributed by atoms with Crippen LogP contribution in [0.3, 0.4) is 0 Å². The monoisotopic (exact) mass is 1240 g/mol. The highest BCUT2D eigenvalue weighted by Gasteiger charge is 2.43. The van der Waals surface area contributed by atoms with Crippen LogP contribution in [0.4, 0.5) is 34.1 Å². The number of anilines is 6. The van der Waals surface area contributed by atoms with E-state index in [1.807, 2.05) is 24.3 Å². The molecule has 13 aromatic carbocycles. The highest BCUT2D eigenvalue weighted by molar-refractivity contribution is 7.00. The zero-order valence-electron chi connectivity index (χ0n) is 53.4. The summed E-state index contributed by atoms with van der Waals surface area (Å²) in [6.07, 6.45) is 0. The van der Waals surface area contributed by atoms with Crippen molar-refractivity contribution in [2.24, 2.45) is 0 Å². The van der Waals surface area contributed by atoms with Crippen molar-refractivity contribution in [2.45, 2.75) is 19.3 Å². The van der Waals surface area contributed by atoms with E-state index in [9.17, 15) is 0 Å². The standard InChI is InChI=1S/C89H60BN7/c1-89(2)71-40-17-15-38-66(71)68-53-69-67-39-16-20-43-79(67)97(85(69)54-72(68)89)80-49-48-63(78-55-75(57-26-7-3-8-27-57)91-87(92-78)59-30-11-5-12-31-59)52-70(80)88-93-76(58-28-9-4-10-29-58)56-77(94-88)62-34-23-32-60(50-62)61-33-24-37-65(51-61)96-82-45-22-19-42-74(82)90-73-41-18-21-44-81(73)95(64-35-13-6-14-36-64)83-46-25-47-84(96)86(83)90/h3-56H,1-2H3. The summed E-state index contributed by atoms with van der Waals surface area (Å²) in [4.78, 5) is 27.0. The Labute approximate surface area is 563 Å². The van der Waals surface area contributed by atoms with Gasteiger partial charge in [0.05, 0.1) is 39.5 Å². The average molecular weight is 1240 g/mol. The van der Waals surface area contributed by atoms with Gasteiger partial charge in [0.1, 0.15) is 0 Å². The zero-order valence-corrected chi connectivity index (χ0v) is 53.4. The van der Waals surface area contributed by atoms with Crippen LogP contribution in [-0.2, 0) is 5.41 Å². The van der Waals surface area contributed by atoms with Crippen molar-refractivity contribution in [3.8, 4) is 95.7 Å². The fourth-order valence-corrected chi connectivity index (χ4v) is 15.7. The van der Waals surface area contributed by atoms with Gasteiger partial charge in [-0.25, -0.2) is 19.9 Å². The zero-order chi connectivity index (χ0) is 64.3. The summed E-state index contributed by atoms with van der Waals surface area (Å²) in [7, 11) is 0. The lowest BCUT2D eigenvalue weighted by Gasteiger charge is -2.44. The van der Waals surface area contributed by atoms with Crippen molar-refractivity contribution >= 4 is 79.0 Å². The second-order valence-corrected chi connectivity index (χ2v) is 26.1. The van der Waals surface area contributed by atoms with Gasteiger partial charge in [0.15, 0.2) is 11.6 Å². The number of rotatable bonds is 10. The smallest absolute Gasteiger partial charge is 0.252 e. The van der Waals surface area contributed by atoms with Crippen LogP contribution in [0.25, 0.3) is 118 Å². The molecule has 2 aliphatic heterocycles. The topological polar surface area (TPSA) is 63.0 Å². The molecule has 0 radical (unpaired) electrons. The highest BCUT2D eigenvalue weighted by Crippen LogP contribution is 2.52. The summed E-state index contributed by atoms with van der Waals surface area (Å²) in [6.45, 7) is 4.77. The van der Waals surface area contributed by atoms with Crippen LogP contribution in [0, 0.1) is 0 Å². The quantitative estimate of drug-likeness (QED) is 0.127. The molecule has 97 heavy (non-hydrogen) atoms. The molecule has 7 nitrogen and oxygen atoms in total. The molecule has 3 aliphatic rings. The summed E-state index contributed by atoms with van der Waals surface area (Å²) in [5.41, 5.74) is 30.0. The van der Waals surface area contributed by atoms with Crippen LogP contribution in [0.15, 0.2) is 328 Å². The van der Waals surface area contributed by atoms with E-state index in [2.05, 4.69) is 332 Å². The first-order valence-electron chi connectivity index (χ1n) is 33.3. The Morgan fingerprint density at radius 1 is 0.278 bits per heavy atom. The van der Waals surface area contributed by atoms with E-state index in [1.54, 1.807) is 0 Å². The molecule has 0 saturated carbocycles. The third kappa shape index (κ3) is 9.12. The minimum atomic E-state index is -0.227. The van der Waals surface area contributed by atoms with E-state index in [0.29, 0.717) is 11.6 Å². The molecule has 0 bridgehead atoms. The number of fused-ring (bicyclic) bond motifs is 10. The molecule has 3 aromatic heterocycles. The predicted octanol–water partition coefficient (Wildman–Crippen LogP) is 20.4.